The maximum absolute atomic E-state index is 13.6. The standard InChI is InChI=1S/C30H36N2O3/c1-34-29-21-25(16-17-28(29)35-23-24-11-5-4-6-12-24)22-32(20-18-27-15-9-10-19-31-27)30(33)26-13-7-2-3-8-14-26/h4-6,9-12,15-17,19,21,26H,2-3,7-8,13-14,18,20,22-23H2,1H3. The Balaban J connectivity index is 1.47. The van der Waals surface area contributed by atoms with Gasteiger partial charge < -0.3 is 14.4 Å². The highest BCUT2D eigenvalue weighted by Crippen LogP contribution is 2.30. The summed E-state index contributed by atoms with van der Waals surface area (Å²) >= 11 is 0. The van der Waals surface area contributed by atoms with Gasteiger partial charge in [0.05, 0.1) is 7.11 Å². The van der Waals surface area contributed by atoms with Gasteiger partial charge in [-0.05, 0) is 48.2 Å². The summed E-state index contributed by atoms with van der Waals surface area (Å²) in [7, 11) is 1.66. The fourth-order valence-corrected chi connectivity index (χ4v) is 4.73. The van der Waals surface area contributed by atoms with Crippen molar-refractivity contribution in [2.45, 2.75) is 58.1 Å². The Morgan fingerprint density at radius 1 is 0.914 bits per heavy atom. The molecule has 0 saturated heterocycles. The van der Waals surface area contributed by atoms with Crippen LogP contribution in [-0.4, -0.2) is 29.4 Å². The molecule has 0 atom stereocenters. The van der Waals surface area contributed by atoms with E-state index in [1.54, 1.807) is 7.11 Å². The van der Waals surface area contributed by atoms with Crippen LogP contribution in [0.2, 0.25) is 0 Å². The number of hydrogen-bond donors (Lipinski definition) is 0. The molecule has 5 heteroatoms. The van der Waals surface area contributed by atoms with Crippen LogP contribution < -0.4 is 9.47 Å². The Hall–Kier alpha value is -3.34. The topological polar surface area (TPSA) is 51.7 Å². The van der Waals surface area contributed by atoms with Crippen LogP contribution in [0.3, 0.4) is 0 Å². The Morgan fingerprint density at radius 3 is 2.40 bits per heavy atom. The monoisotopic (exact) mass is 472 g/mol. The molecule has 2 aromatic carbocycles. The summed E-state index contributed by atoms with van der Waals surface area (Å²) < 4.78 is 11.7. The average Bonchev–Trinajstić information content (AvgIpc) is 3.20. The Bertz CT molecular complexity index is 1050. The Morgan fingerprint density at radius 2 is 1.69 bits per heavy atom. The maximum Gasteiger partial charge on any atom is 0.225 e. The number of carbonyl (C=O) groups excluding carboxylic acids is 1. The van der Waals surface area contributed by atoms with Crippen molar-refractivity contribution in [3.8, 4) is 11.5 Å². The van der Waals surface area contributed by atoms with Gasteiger partial charge in [0.1, 0.15) is 6.61 Å². The van der Waals surface area contributed by atoms with Crippen molar-refractivity contribution in [2.75, 3.05) is 13.7 Å². The molecule has 35 heavy (non-hydrogen) atoms. The van der Waals surface area contributed by atoms with E-state index in [4.69, 9.17) is 9.47 Å². The van der Waals surface area contributed by atoms with E-state index >= 15 is 0 Å². The number of rotatable bonds is 10. The third-order valence-corrected chi connectivity index (χ3v) is 6.72. The van der Waals surface area contributed by atoms with Crippen molar-refractivity contribution in [1.29, 1.82) is 0 Å². The van der Waals surface area contributed by atoms with Crippen molar-refractivity contribution < 1.29 is 14.3 Å². The summed E-state index contributed by atoms with van der Waals surface area (Å²) in [6.45, 7) is 1.69. The number of nitrogens with zero attached hydrogens (tertiary/aromatic N) is 2. The summed E-state index contributed by atoms with van der Waals surface area (Å²) in [4.78, 5) is 20.1. The molecule has 0 aliphatic heterocycles. The molecule has 0 N–H and O–H groups in total. The van der Waals surface area contributed by atoms with Crippen molar-refractivity contribution in [2.24, 2.45) is 5.92 Å². The highest BCUT2D eigenvalue weighted by atomic mass is 16.5. The predicted molar refractivity (Wildman–Crippen MR) is 138 cm³/mol. The highest BCUT2D eigenvalue weighted by Gasteiger charge is 2.25. The van der Waals surface area contributed by atoms with E-state index in [9.17, 15) is 4.79 Å². The largest absolute Gasteiger partial charge is 0.493 e. The number of aromatic nitrogens is 1. The van der Waals surface area contributed by atoms with Crippen molar-refractivity contribution >= 4 is 5.91 Å². The van der Waals surface area contributed by atoms with E-state index in [0.29, 0.717) is 31.2 Å². The fourth-order valence-electron chi connectivity index (χ4n) is 4.73. The zero-order valence-corrected chi connectivity index (χ0v) is 20.7. The SMILES string of the molecule is COc1cc(CN(CCc2ccccn2)C(=O)C2CCCCCC2)ccc1OCc1ccccc1. The molecule has 0 radical (unpaired) electrons. The number of methoxy groups -OCH3 is 1. The third kappa shape index (κ3) is 7.32. The molecule has 184 valence electrons. The lowest BCUT2D eigenvalue weighted by Crippen LogP contribution is -2.37. The Kier molecular flexibility index (Phi) is 9.16. The average molecular weight is 473 g/mol. The van der Waals surface area contributed by atoms with Crippen molar-refractivity contribution in [3.63, 3.8) is 0 Å². The van der Waals surface area contributed by atoms with E-state index < -0.39 is 0 Å². The summed E-state index contributed by atoms with van der Waals surface area (Å²) in [5.74, 6) is 1.78. The summed E-state index contributed by atoms with van der Waals surface area (Å²) in [6, 6.07) is 22.0. The van der Waals surface area contributed by atoms with Crippen LogP contribution in [0.1, 0.15) is 55.3 Å². The van der Waals surface area contributed by atoms with Crippen LogP contribution in [0.25, 0.3) is 0 Å². The predicted octanol–water partition coefficient (Wildman–Crippen LogP) is 6.21. The minimum Gasteiger partial charge on any atom is -0.493 e. The van der Waals surface area contributed by atoms with E-state index in [1.807, 2.05) is 77.8 Å². The lowest BCUT2D eigenvalue weighted by molar-refractivity contribution is -0.136. The third-order valence-electron chi connectivity index (χ3n) is 6.72. The lowest BCUT2D eigenvalue weighted by atomic mass is 9.98. The fraction of sp³-hybridized carbons (Fsp3) is 0.400. The molecule has 1 aliphatic carbocycles. The van der Waals surface area contributed by atoms with E-state index in [2.05, 4.69) is 4.98 Å². The molecule has 1 aromatic heterocycles. The molecule has 1 fully saturated rings. The van der Waals surface area contributed by atoms with Gasteiger partial charge in [-0.1, -0.05) is 68.1 Å². The highest BCUT2D eigenvalue weighted by molar-refractivity contribution is 5.79. The van der Waals surface area contributed by atoms with E-state index in [-0.39, 0.29) is 11.8 Å². The second kappa shape index (κ2) is 12.9. The van der Waals surface area contributed by atoms with Crippen LogP contribution in [-0.2, 0) is 24.4 Å². The Labute approximate surface area is 209 Å². The van der Waals surface area contributed by atoms with E-state index in [0.717, 1.165) is 48.9 Å². The van der Waals surface area contributed by atoms with Crippen molar-refractivity contribution in [1.82, 2.24) is 9.88 Å². The number of benzene rings is 2. The number of pyridine rings is 1. The summed E-state index contributed by atoms with van der Waals surface area (Å²) in [5, 5.41) is 0. The first-order valence-corrected chi connectivity index (χ1v) is 12.8. The molecule has 5 nitrogen and oxygen atoms in total. The number of hydrogen-bond acceptors (Lipinski definition) is 4. The number of ether oxygens (including phenoxy) is 2. The molecular weight excluding hydrogens is 436 g/mol. The first-order valence-electron chi connectivity index (χ1n) is 12.8. The van der Waals surface area contributed by atoms with Gasteiger partial charge in [0.2, 0.25) is 5.91 Å². The maximum atomic E-state index is 13.6. The minimum atomic E-state index is 0.122. The first kappa shape index (κ1) is 24.8. The zero-order chi connectivity index (χ0) is 24.3. The minimum absolute atomic E-state index is 0.122. The van der Waals surface area contributed by atoms with Gasteiger partial charge in [-0.25, -0.2) is 0 Å². The van der Waals surface area contributed by atoms with Gasteiger partial charge in [0, 0.05) is 37.3 Å². The van der Waals surface area contributed by atoms with Crippen LogP contribution in [0.4, 0.5) is 0 Å². The molecule has 4 rings (SSSR count). The van der Waals surface area contributed by atoms with E-state index in [1.165, 1.54) is 12.8 Å². The normalized spacial score (nSPS) is 14.2. The van der Waals surface area contributed by atoms with Crippen LogP contribution in [0.5, 0.6) is 11.5 Å². The van der Waals surface area contributed by atoms with Gasteiger partial charge in [0.25, 0.3) is 0 Å². The smallest absolute Gasteiger partial charge is 0.225 e. The molecule has 0 unspecified atom stereocenters. The van der Waals surface area contributed by atoms with Crippen LogP contribution >= 0.6 is 0 Å². The summed E-state index contributed by atoms with van der Waals surface area (Å²) in [6.07, 6.45) is 9.31. The quantitative estimate of drug-likeness (QED) is 0.329. The van der Waals surface area contributed by atoms with Crippen molar-refractivity contribution in [3.05, 3.63) is 89.7 Å². The zero-order valence-electron chi connectivity index (χ0n) is 20.7. The molecular formula is C30H36N2O3. The molecule has 0 bridgehead atoms. The molecule has 1 amide bonds. The molecule has 3 aromatic rings. The molecule has 1 aliphatic rings. The van der Waals surface area contributed by atoms with Crippen LogP contribution in [0.15, 0.2) is 72.9 Å². The summed E-state index contributed by atoms with van der Waals surface area (Å²) in [5.41, 5.74) is 3.15. The first-order chi connectivity index (χ1) is 17.2. The van der Waals surface area contributed by atoms with Gasteiger partial charge in [0.15, 0.2) is 11.5 Å². The van der Waals surface area contributed by atoms with Crippen LogP contribution in [0, 0.1) is 5.92 Å². The lowest BCUT2D eigenvalue weighted by Gasteiger charge is -2.27. The van der Waals surface area contributed by atoms with Gasteiger partial charge in [-0.2, -0.15) is 0 Å². The molecule has 1 saturated carbocycles. The van der Waals surface area contributed by atoms with Gasteiger partial charge in [-0.3, -0.25) is 9.78 Å². The van der Waals surface area contributed by atoms with Gasteiger partial charge >= 0.3 is 0 Å². The second-order valence-corrected chi connectivity index (χ2v) is 9.28. The van der Waals surface area contributed by atoms with Gasteiger partial charge in [-0.15, -0.1) is 0 Å². The number of carbonyl (C=O) groups is 1. The molecule has 1 heterocycles. The molecule has 0 spiro atoms. The second-order valence-electron chi connectivity index (χ2n) is 9.28. The number of amides is 1.